The van der Waals surface area contributed by atoms with Gasteiger partial charge in [0, 0.05) is 35.6 Å². The van der Waals surface area contributed by atoms with E-state index in [9.17, 15) is 27.2 Å². The van der Waals surface area contributed by atoms with Crippen molar-refractivity contribution in [3.8, 4) is 22.7 Å². The quantitative estimate of drug-likeness (QED) is 0.101. The fourth-order valence-corrected chi connectivity index (χ4v) is 5.33. The van der Waals surface area contributed by atoms with Crippen LogP contribution < -0.4 is 9.64 Å². The Hall–Kier alpha value is -4.60. The van der Waals surface area contributed by atoms with Gasteiger partial charge in [0.15, 0.2) is 0 Å². The van der Waals surface area contributed by atoms with Crippen LogP contribution in [-0.2, 0) is 22.3 Å². The van der Waals surface area contributed by atoms with Gasteiger partial charge >= 0.3 is 12.1 Å². The molecule has 1 aliphatic heterocycles. The number of aromatic nitrogens is 1. The van der Waals surface area contributed by atoms with Gasteiger partial charge in [-0.05, 0) is 92.4 Å². The first-order valence-corrected chi connectivity index (χ1v) is 15.0. The molecule has 10 heteroatoms. The van der Waals surface area contributed by atoms with E-state index in [1.54, 1.807) is 58.9 Å². The van der Waals surface area contributed by atoms with Gasteiger partial charge in [0.25, 0.3) is 0 Å². The third kappa shape index (κ3) is 7.38. The van der Waals surface area contributed by atoms with Crippen LogP contribution in [0.1, 0.15) is 66.2 Å². The number of amides is 1. The maximum atomic E-state index is 13.9. The molecule has 4 aromatic rings. The summed E-state index contributed by atoms with van der Waals surface area (Å²) in [6.45, 7) is 4.51. The predicted octanol–water partition coefficient (Wildman–Crippen LogP) is 8.66. The van der Waals surface area contributed by atoms with E-state index >= 15 is 0 Å². The van der Waals surface area contributed by atoms with E-state index < -0.39 is 23.5 Å². The monoisotopic (exact) mass is 622 g/mol. The SMILES string of the molecule is CCCCOC(=O)c1cc(N2CCCCC2=O)cc(-n2c(C)ccc2-c2cc(C(F)(F)F)ccc2OCc2ccc(F)cc2)c1. The lowest BCUT2D eigenvalue weighted by molar-refractivity contribution is -0.137. The Morgan fingerprint density at radius 2 is 1.69 bits per heavy atom. The second-order valence-corrected chi connectivity index (χ2v) is 11.0. The van der Waals surface area contributed by atoms with Gasteiger partial charge in [0.1, 0.15) is 18.2 Å². The molecule has 1 aliphatic rings. The Bertz CT molecular complexity index is 1680. The number of alkyl halides is 3. The van der Waals surface area contributed by atoms with Crippen molar-refractivity contribution in [2.45, 2.75) is 58.7 Å². The number of carbonyl (C=O) groups excluding carboxylic acids is 2. The molecule has 1 amide bonds. The zero-order valence-electron chi connectivity index (χ0n) is 25.1. The average molecular weight is 623 g/mol. The lowest BCUT2D eigenvalue weighted by Crippen LogP contribution is -2.35. The van der Waals surface area contributed by atoms with Crippen molar-refractivity contribution in [1.82, 2.24) is 4.57 Å². The topological polar surface area (TPSA) is 60.8 Å². The minimum absolute atomic E-state index is 0.00135. The Morgan fingerprint density at radius 1 is 0.933 bits per heavy atom. The highest BCUT2D eigenvalue weighted by atomic mass is 19.4. The number of unbranched alkanes of at least 4 members (excludes halogenated alkanes) is 1. The van der Waals surface area contributed by atoms with Crippen molar-refractivity contribution in [3.05, 3.63) is 101 Å². The van der Waals surface area contributed by atoms with Gasteiger partial charge in [-0.15, -0.1) is 0 Å². The van der Waals surface area contributed by atoms with Crippen LogP contribution in [-0.4, -0.2) is 29.6 Å². The number of ether oxygens (including phenoxy) is 2. The molecule has 1 aromatic heterocycles. The van der Waals surface area contributed by atoms with Gasteiger partial charge in [-0.3, -0.25) is 4.79 Å². The number of nitrogens with zero attached hydrogens (tertiary/aromatic N) is 2. The summed E-state index contributed by atoms with van der Waals surface area (Å²) >= 11 is 0. The maximum absolute atomic E-state index is 13.9. The Balaban J connectivity index is 1.62. The summed E-state index contributed by atoms with van der Waals surface area (Å²) in [6.07, 6.45) is -1.11. The average Bonchev–Trinajstić information content (AvgIpc) is 3.41. The first-order valence-electron chi connectivity index (χ1n) is 15.0. The molecule has 0 saturated carbocycles. The van der Waals surface area contributed by atoms with Crippen molar-refractivity contribution < 1.29 is 36.6 Å². The molecule has 0 unspecified atom stereocenters. The first-order chi connectivity index (χ1) is 21.5. The van der Waals surface area contributed by atoms with Gasteiger partial charge in [0.05, 0.1) is 23.4 Å². The van der Waals surface area contributed by atoms with E-state index in [1.807, 2.05) is 6.92 Å². The van der Waals surface area contributed by atoms with Crippen molar-refractivity contribution in [2.75, 3.05) is 18.1 Å². The highest BCUT2D eigenvalue weighted by molar-refractivity contribution is 5.97. The van der Waals surface area contributed by atoms with Gasteiger partial charge in [-0.2, -0.15) is 13.2 Å². The van der Waals surface area contributed by atoms with Crippen molar-refractivity contribution in [2.24, 2.45) is 0 Å². The molecule has 0 radical (unpaired) electrons. The Morgan fingerprint density at radius 3 is 2.40 bits per heavy atom. The van der Waals surface area contributed by atoms with Gasteiger partial charge in [-0.1, -0.05) is 25.5 Å². The van der Waals surface area contributed by atoms with E-state index in [1.165, 1.54) is 18.2 Å². The number of hydrogen-bond acceptors (Lipinski definition) is 4. The molecule has 6 nitrogen and oxygen atoms in total. The fourth-order valence-electron chi connectivity index (χ4n) is 5.33. The molecule has 5 rings (SSSR count). The Labute approximate surface area is 259 Å². The van der Waals surface area contributed by atoms with Crippen LogP contribution >= 0.6 is 0 Å². The molecule has 1 fully saturated rings. The molecule has 45 heavy (non-hydrogen) atoms. The molecule has 2 heterocycles. The number of benzene rings is 3. The predicted molar refractivity (Wildman–Crippen MR) is 163 cm³/mol. The molecule has 0 bridgehead atoms. The van der Waals surface area contributed by atoms with Crippen molar-refractivity contribution in [1.29, 1.82) is 0 Å². The molecule has 3 aromatic carbocycles. The lowest BCUT2D eigenvalue weighted by atomic mass is 10.0. The standard InChI is InChI=1S/C35H34F4N2O4/c1-3-4-17-44-34(43)25-18-28(40-16-6-5-7-33(40)42)21-29(19-25)41-23(2)8-14-31(41)30-20-26(35(37,38)39)11-15-32(30)45-22-24-9-12-27(36)13-10-24/h8-15,18-21H,3-7,16-17,22H2,1-2H3. The van der Waals surface area contributed by atoms with Crippen LogP contribution in [0.3, 0.4) is 0 Å². The third-order valence-corrected chi connectivity index (χ3v) is 7.73. The van der Waals surface area contributed by atoms with E-state index in [0.29, 0.717) is 47.7 Å². The van der Waals surface area contributed by atoms with Crippen LogP contribution in [0.5, 0.6) is 5.75 Å². The van der Waals surface area contributed by atoms with Crippen LogP contribution in [0.2, 0.25) is 0 Å². The molecular weight excluding hydrogens is 588 g/mol. The van der Waals surface area contributed by atoms with Crippen LogP contribution in [0, 0.1) is 12.7 Å². The summed E-state index contributed by atoms with van der Waals surface area (Å²) in [6, 6.07) is 17.4. The zero-order valence-corrected chi connectivity index (χ0v) is 25.1. The first kappa shape index (κ1) is 31.8. The smallest absolute Gasteiger partial charge is 0.416 e. The summed E-state index contributed by atoms with van der Waals surface area (Å²) in [5.41, 5.74) is 2.24. The minimum Gasteiger partial charge on any atom is -0.488 e. The van der Waals surface area contributed by atoms with E-state index in [-0.39, 0.29) is 36.0 Å². The van der Waals surface area contributed by atoms with Gasteiger partial charge in [-0.25, -0.2) is 9.18 Å². The fraction of sp³-hybridized carbons (Fsp3) is 0.314. The second-order valence-electron chi connectivity index (χ2n) is 11.0. The van der Waals surface area contributed by atoms with E-state index in [4.69, 9.17) is 9.47 Å². The highest BCUT2D eigenvalue weighted by Crippen LogP contribution is 2.40. The Kier molecular flexibility index (Phi) is 9.60. The van der Waals surface area contributed by atoms with E-state index in [0.717, 1.165) is 31.4 Å². The van der Waals surface area contributed by atoms with Gasteiger partial charge in [0.2, 0.25) is 5.91 Å². The van der Waals surface area contributed by atoms with Crippen LogP contribution in [0.15, 0.2) is 72.8 Å². The molecule has 0 spiro atoms. The summed E-state index contributed by atoms with van der Waals surface area (Å²) in [7, 11) is 0. The second kappa shape index (κ2) is 13.6. The van der Waals surface area contributed by atoms with Crippen molar-refractivity contribution >= 4 is 17.6 Å². The van der Waals surface area contributed by atoms with Gasteiger partial charge < -0.3 is 18.9 Å². The number of carbonyl (C=O) groups is 2. The third-order valence-electron chi connectivity index (χ3n) is 7.73. The molecule has 0 atom stereocenters. The largest absolute Gasteiger partial charge is 0.488 e. The number of rotatable bonds is 10. The maximum Gasteiger partial charge on any atom is 0.416 e. The lowest BCUT2D eigenvalue weighted by Gasteiger charge is -2.28. The number of hydrogen-bond donors (Lipinski definition) is 0. The summed E-state index contributed by atoms with van der Waals surface area (Å²) in [4.78, 5) is 27.7. The molecule has 0 N–H and O–H groups in total. The number of piperidine rings is 1. The number of esters is 1. The highest BCUT2D eigenvalue weighted by Gasteiger charge is 2.32. The zero-order chi connectivity index (χ0) is 32.1. The molecule has 1 saturated heterocycles. The summed E-state index contributed by atoms with van der Waals surface area (Å²) < 4.78 is 68.4. The number of aryl methyl sites for hydroxylation is 1. The molecular formula is C35H34F4N2O4. The number of halogens is 4. The minimum atomic E-state index is -4.61. The van der Waals surface area contributed by atoms with Crippen molar-refractivity contribution in [3.63, 3.8) is 0 Å². The molecule has 0 aliphatic carbocycles. The summed E-state index contributed by atoms with van der Waals surface area (Å²) in [5.74, 6) is -0.843. The van der Waals surface area contributed by atoms with Crippen LogP contribution in [0.4, 0.5) is 23.2 Å². The van der Waals surface area contributed by atoms with Crippen LogP contribution in [0.25, 0.3) is 16.9 Å². The van der Waals surface area contributed by atoms with E-state index in [2.05, 4.69) is 0 Å². The number of anilines is 1. The molecule has 236 valence electrons. The normalized spacial score (nSPS) is 13.6. The summed E-state index contributed by atoms with van der Waals surface area (Å²) in [5, 5.41) is 0.